The Morgan fingerprint density at radius 3 is 2.57 bits per heavy atom. The first kappa shape index (κ1) is 20.4. The number of halogens is 1. The maximum absolute atomic E-state index is 14.0. The minimum absolute atomic E-state index is 0.186. The third-order valence-corrected chi connectivity index (χ3v) is 5.46. The fourth-order valence-electron chi connectivity index (χ4n) is 2.68. The molecule has 0 amide bonds. The van der Waals surface area contributed by atoms with Crippen molar-refractivity contribution in [3.8, 4) is 5.69 Å². The van der Waals surface area contributed by atoms with Crippen molar-refractivity contribution in [2.75, 3.05) is 0 Å². The molecule has 0 aliphatic rings. The van der Waals surface area contributed by atoms with Crippen molar-refractivity contribution in [2.24, 2.45) is 0 Å². The van der Waals surface area contributed by atoms with Crippen LogP contribution in [0.2, 0.25) is 0 Å². The molecule has 3 rings (SSSR count). The maximum Gasteiger partial charge on any atom is 0.267 e. The van der Waals surface area contributed by atoms with Gasteiger partial charge in [0.1, 0.15) is 10.8 Å². The van der Waals surface area contributed by atoms with Gasteiger partial charge >= 0.3 is 0 Å². The lowest BCUT2D eigenvalue weighted by Gasteiger charge is -2.14. The van der Waals surface area contributed by atoms with Crippen molar-refractivity contribution in [3.05, 3.63) is 88.0 Å². The fraction of sp³-hybridized carbons (Fsp3) is 0.182. The Labute approximate surface area is 173 Å². The number of nitrogens with zero attached hydrogens (tertiary/aromatic N) is 2. The van der Waals surface area contributed by atoms with Crippen molar-refractivity contribution in [1.29, 1.82) is 0 Å². The molecule has 0 saturated carbocycles. The SMILES string of the molecule is CCC/C=C/c1c(S)nc(SCc2ccccc2F)n(-c2ccccc2)c1=O. The zero-order valence-electron chi connectivity index (χ0n) is 15.5. The number of thioether (sulfide) groups is 1. The van der Waals surface area contributed by atoms with Crippen molar-refractivity contribution >= 4 is 30.5 Å². The summed E-state index contributed by atoms with van der Waals surface area (Å²) < 4.78 is 15.6. The monoisotopic (exact) mass is 412 g/mol. The molecule has 2 aromatic carbocycles. The first-order chi connectivity index (χ1) is 13.6. The molecule has 3 aromatic rings. The Hall–Kier alpha value is -2.31. The van der Waals surface area contributed by atoms with E-state index < -0.39 is 0 Å². The maximum atomic E-state index is 14.0. The van der Waals surface area contributed by atoms with Crippen LogP contribution in [-0.4, -0.2) is 9.55 Å². The van der Waals surface area contributed by atoms with Gasteiger partial charge < -0.3 is 0 Å². The van der Waals surface area contributed by atoms with E-state index in [0.29, 0.717) is 27.1 Å². The van der Waals surface area contributed by atoms with Crippen LogP contribution in [0.5, 0.6) is 0 Å². The van der Waals surface area contributed by atoms with Crippen LogP contribution in [0.4, 0.5) is 4.39 Å². The molecule has 6 heteroatoms. The van der Waals surface area contributed by atoms with Gasteiger partial charge in [0.15, 0.2) is 5.16 Å². The van der Waals surface area contributed by atoms with Crippen molar-refractivity contribution < 1.29 is 4.39 Å². The van der Waals surface area contributed by atoms with Gasteiger partial charge in [-0.15, -0.1) is 12.6 Å². The van der Waals surface area contributed by atoms with Crippen LogP contribution in [0.3, 0.4) is 0 Å². The summed E-state index contributed by atoms with van der Waals surface area (Å²) >= 11 is 5.75. The van der Waals surface area contributed by atoms with Crippen LogP contribution in [0, 0.1) is 5.82 Å². The number of hydrogen-bond acceptors (Lipinski definition) is 4. The molecule has 0 saturated heterocycles. The van der Waals surface area contributed by atoms with Gasteiger partial charge in [0.05, 0.1) is 11.3 Å². The normalized spacial score (nSPS) is 11.2. The lowest BCUT2D eigenvalue weighted by Crippen LogP contribution is -2.24. The second kappa shape index (κ2) is 9.75. The van der Waals surface area contributed by atoms with Gasteiger partial charge in [0, 0.05) is 5.75 Å². The van der Waals surface area contributed by atoms with E-state index in [-0.39, 0.29) is 11.4 Å². The predicted octanol–water partition coefficient (Wildman–Crippen LogP) is 5.77. The van der Waals surface area contributed by atoms with Crippen LogP contribution < -0.4 is 5.56 Å². The molecule has 0 atom stereocenters. The Kier molecular flexibility index (Phi) is 7.12. The van der Waals surface area contributed by atoms with Crippen LogP contribution in [0.1, 0.15) is 30.9 Å². The standard InChI is InChI=1S/C22H21FN2OS2/c1-2-3-5-13-18-20(27)24-22(28-15-16-10-8-9-14-19(16)23)25(21(18)26)17-11-6-4-7-12-17/h4-14,27H,2-3,15H2,1H3/b13-5+. The topological polar surface area (TPSA) is 34.9 Å². The molecule has 0 bridgehead atoms. The van der Waals surface area contributed by atoms with Crippen molar-refractivity contribution in [3.63, 3.8) is 0 Å². The molecule has 0 radical (unpaired) electrons. The molecular weight excluding hydrogens is 391 g/mol. The van der Waals surface area contributed by atoms with Crippen molar-refractivity contribution in [2.45, 2.75) is 35.7 Å². The molecular formula is C22H21FN2OS2. The van der Waals surface area contributed by atoms with Crippen LogP contribution in [0.25, 0.3) is 11.8 Å². The van der Waals surface area contributed by atoms with E-state index >= 15 is 0 Å². The van der Waals surface area contributed by atoms with Gasteiger partial charge in [-0.25, -0.2) is 9.37 Å². The Morgan fingerprint density at radius 1 is 1.14 bits per heavy atom. The van der Waals surface area contributed by atoms with Gasteiger partial charge in [-0.1, -0.05) is 73.7 Å². The van der Waals surface area contributed by atoms with E-state index in [1.807, 2.05) is 36.4 Å². The average Bonchev–Trinajstić information content (AvgIpc) is 2.70. The number of thiol groups is 1. The van der Waals surface area contributed by atoms with Gasteiger partial charge in [0.25, 0.3) is 5.56 Å². The third-order valence-electron chi connectivity index (χ3n) is 4.14. The highest BCUT2D eigenvalue weighted by Gasteiger charge is 2.16. The fourth-order valence-corrected chi connectivity index (χ4v) is 4.00. The highest BCUT2D eigenvalue weighted by molar-refractivity contribution is 7.98. The Morgan fingerprint density at radius 2 is 1.86 bits per heavy atom. The molecule has 28 heavy (non-hydrogen) atoms. The minimum Gasteiger partial charge on any atom is -0.268 e. The zero-order valence-corrected chi connectivity index (χ0v) is 17.2. The van der Waals surface area contributed by atoms with Crippen LogP contribution in [-0.2, 0) is 5.75 Å². The molecule has 0 aliphatic carbocycles. The summed E-state index contributed by atoms with van der Waals surface area (Å²) in [6.45, 7) is 2.08. The Bertz CT molecular complexity index is 1030. The van der Waals surface area contributed by atoms with E-state index in [4.69, 9.17) is 0 Å². The zero-order chi connectivity index (χ0) is 19.9. The van der Waals surface area contributed by atoms with E-state index in [1.165, 1.54) is 17.8 Å². The number of aromatic nitrogens is 2. The number of allylic oxidation sites excluding steroid dienone is 1. The van der Waals surface area contributed by atoms with Gasteiger partial charge in [-0.3, -0.25) is 9.36 Å². The molecule has 0 unspecified atom stereocenters. The molecule has 1 heterocycles. The second-order valence-corrected chi connectivity index (χ2v) is 7.55. The second-order valence-electron chi connectivity index (χ2n) is 6.18. The van der Waals surface area contributed by atoms with E-state index in [9.17, 15) is 9.18 Å². The molecule has 144 valence electrons. The summed E-state index contributed by atoms with van der Waals surface area (Å²) in [4.78, 5) is 17.8. The minimum atomic E-state index is -0.270. The molecule has 0 fully saturated rings. The smallest absolute Gasteiger partial charge is 0.267 e. The van der Waals surface area contributed by atoms with E-state index in [2.05, 4.69) is 24.5 Å². The molecule has 0 N–H and O–H groups in total. The van der Waals surface area contributed by atoms with Crippen LogP contribution in [0.15, 0.2) is 75.7 Å². The van der Waals surface area contributed by atoms with E-state index in [0.717, 1.165) is 18.5 Å². The summed E-state index contributed by atoms with van der Waals surface area (Å²) in [6, 6.07) is 16.0. The summed E-state index contributed by atoms with van der Waals surface area (Å²) in [6.07, 6.45) is 5.61. The molecule has 0 aliphatic heterocycles. The largest absolute Gasteiger partial charge is 0.268 e. The van der Waals surface area contributed by atoms with Gasteiger partial charge in [-0.05, 0) is 30.2 Å². The number of unbranched alkanes of at least 4 members (excludes halogenated alkanes) is 1. The van der Waals surface area contributed by atoms with Crippen LogP contribution >= 0.6 is 24.4 Å². The average molecular weight is 413 g/mol. The summed E-state index contributed by atoms with van der Waals surface area (Å²) in [5.41, 5.74) is 1.55. The quantitative estimate of drug-likeness (QED) is 0.232. The van der Waals surface area contributed by atoms with Gasteiger partial charge in [-0.2, -0.15) is 0 Å². The number of para-hydroxylation sites is 1. The highest BCUT2D eigenvalue weighted by Crippen LogP contribution is 2.26. The lowest BCUT2D eigenvalue weighted by molar-refractivity contribution is 0.617. The number of rotatable bonds is 7. The van der Waals surface area contributed by atoms with E-state index in [1.54, 1.807) is 28.8 Å². The summed E-state index contributed by atoms with van der Waals surface area (Å²) in [7, 11) is 0. The first-order valence-electron chi connectivity index (χ1n) is 9.06. The third kappa shape index (κ3) is 4.75. The summed E-state index contributed by atoms with van der Waals surface area (Å²) in [5, 5.41) is 0.859. The predicted molar refractivity (Wildman–Crippen MR) is 117 cm³/mol. The lowest BCUT2D eigenvalue weighted by atomic mass is 10.2. The number of hydrogen-bond donors (Lipinski definition) is 1. The molecule has 3 nitrogen and oxygen atoms in total. The Balaban J connectivity index is 2.06. The van der Waals surface area contributed by atoms with Crippen molar-refractivity contribution in [1.82, 2.24) is 9.55 Å². The molecule has 1 aromatic heterocycles. The summed E-state index contributed by atoms with van der Waals surface area (Å²) in [5.74, 6) is 0.0957. The number of benzene rings is 2. The van der Waals surface area contributed by atoms with Gasteiger partial charge in [0.2, 0.25) is 0 Å². The highest BCUT2D eigenvalue weighted by atomic mass is 32.2. The molecule has 0 spiro atoms. The first-order valence-corrected chi connectivity index (χ1v) is 10.5.